The minimum absolute atomic E-state index is 0.358. The molecule has 1 heterocycles. The van der Waals surface area contributed by atoms with E-state index in [1.807, 2.05) is 6.92 Å². The van der Waals surface area contributed by atoms with Crippen LogP contribution in [-0.4, -0.2) is 6.54 Å². The monoisotopic (exact) mass is 287 g/mol. The highest BCUT2D eigenvalue weighted by molar-refractivity contribution is 5.66. The molecule has 0 atom stereocenters. The van der Waals surface area contributed by atoms with Crippen LogP contribution in [0.3, 0.4) is 0 Å². The topological polar surface area (TPSA) is 25.2 Å². The largest absolute Gasteiger partial charge is 0.467 e. The lowest BCUT2D eigenvalue weighted by Crippen LogP contribution is -2.11. The number of benzene rings is 1. The Bertz CT molecular complexity index is 589. The quantitative estimate of drug-likeness (QED) is 0.852. The van der Waals surface area contributed by atoms with E-state index in [9.17, 15) is 17.6 Å². The Balaban J connectivity index is 2.35. The molecule has 0 spiro atoms. The van der Waals surface area contributed by atoms with Gasteiger partial charge in [0.1, 0.15) is 11.6 Å². The van der Waals surface area contributed by atoms with Gasteiger partial charge in [0.2, 0.25) is 0 Å². The zero-order valence-electron chi connectivity index (χ0n) is 10.7. The van der Waals surface area contributed by atoms with E-state index in [0.29, 0.717) is 23.4 Å². The van der Waals surface area contributed by atoms with Crippen LogP contribution in [0, 0.1) is 5.82 Å². The highest BCUT2D eigenvalue weighted by Gasteiger charge is 2.34. The van der Waals surface area contributed by atoms with Gasteiger partial charge in [-0.05, 0) is 30.3 Å². The highest BCUT2D eigenvalue weighted by atomic mass is 19.4. The Hall–Kier alpha value is -1.82. The molecular formula is C14H13F4NO. The van der Waals surface area contributed by atoms with Crippen LogP contribution in [-0.2, 0) is 12.7 Å². The van der Waals surface area contributed by atoms with E-state index in [2.05, 4.69) is 5.32 Å². The summed E-state index contributed by atoms with van der Waals surface area (Å²) in [5, 5.41) is 3.04. The number of hydrogen-bond acceptors (Lipinski definition) is 2. The maximum atomic E-state index is 13.6. The van der Waals surface area contributed by atoms with E-state index < -0.39 is 17.6 Å². The van der Waals surface area contributed by atoms with Gasteiger partial charge in [0, 0.05) is 5.56 Å². The zero-order chi connectivity index (χ0) is 14.8. The molecule has 0 fully saturated rings. The predicted octanol–water partition coefficient (Wildman–Crippen LogP) is 4.21. The molecule has 0 aliphatic heterocycles. The van der Waals surface area contributed by atoms with Gasteiger partial charge in [-0.3, -0.25) is 0 Å². The van der Waals surface area contributed by atoms with Crippen molar-refractivity contribution < 1.29 is 22.0 Å². The first kappa shape index (κ1) is 14.6. The molecule has 0 bridgehead atoms. The molecule has 2 aromatic rings. The SMILES string of the molecule is CCNCc1occc1-c1ccc(C(F)(F)F)c(F)c1. The van der Waals surface area contributed by atoms with E-state index in [-0.39, 0.29) is 0 Å². The lowest BCUT2D eigenvalue weighted by molar-refractivity contribution is -0.139. The van der Waals surface area contributed by atoms with Crippen molar-refractivity contribution in [1.29, 1.82) is 0 Å². The van der Waals surface area contributed by atoms with Crippen LogP contribution in [0.15, 0.2) is 34.9 Å². The van der Waals surface area contributed by atoms with Crippen LogP contribution >= 0.6 is 0 Å². The van der Waals surface area contributed by atoms with Crippen molar-refractivity contribution in [2.45, 2.75) is 19.6 Å². The molecule has 0 aliphatic rings. The maximum absolute atomic E-state index is 13.6. The highest BCUT2D eigenvalue weighted by Crippen LogP contribution is 2.34. The summed E-state index contributed by atoms with van der Waals surface area (Å²) in [5.41, 5.74) is -0.325. The van der Waals surface area contributed by atoms with Crippen molar-refractivity contribution in [3.8, 4) is 11.1 Å². The molecule has 0 unspecified atom stereocenters. The minimum Gasteiger partial charge on any atom is -0.467 e. The second kappa shape index (κ2) is 5.66. The van der Waals surface area contributed by atoms with Crippen molar-refractivity contribution in [2.75, 3.05) is 6.54 Å². The molecule has 1 aromatic heterocycles. The van der Waals surface area contributed by atoms with Gasteiger partial charge >= 0.3 is 6.18 Å². The van der Waals surface area contributed by atoms with Crippen molar-refractivity contribution in [3.05, 3.63) is 47.7 Å². The Morgan fingerprint density at radius 3 is 2.55 bits per heavy atom. The number of rotatable bonds is 4. The lowest BCUT2D eigenvalue weighted by atomic mass is 10.0. The van der Waals surface area contributed by atoms with Crippen LogP contribution in [0.25, 0.3) is 11.1 Å². The average Bonchev–Trinajstić information content (AvgIpc) is 2.82. The molecule has 108 valence electrons. The summed E-state index contributed by atoms with van der Waals surface area (Å²) in [6, 6.07) is 4.47. The van der Waals surface area contributed by atoms with Gasteiger partial charge in [-0.25, -0.2) is 4.39 Å². The summed E-state index contributed by atoms with van der Waals surface area (Å²) in [6.07, 6.45) is -3.26. The second-order valence-electron chi connectivity index (χ2n) is 4.23. The molecular weight excluding hydrogens is 274 g/mol. The fraction of sp³-hybridized carbons (Fsp3) is 0.286. The fourth-order valence-electron chi connectivity index (χ4n) is 1.89. The van der Waals surface area contributed by atoms with Gasteiger partial charge < -0.3 is 9.73 Å². The third-order valence-electron chi connectivity index (χ3n) is 2.87. The first-order valence-electron chi connectivity index (χ1n) is 6.07. The first-order chi connectivity index (χ1) is 9.43. The van der Waals surface area contributed by atoms with Crippen molar-refractivity contribution in [1.82, 2.24) is 5.32 Å². The number of alkyl halides is 3. The summed E-state index contributed by atoms with van der Waals surface area (Å²) in [5.74, 6) is -0.725. The van der Waals surface area contributed by atoms with Gasteiger partial charge in [0.05, 0.1) is 18.4 Å². The number of nitrogens with one attached hydrogen (secondary N) is 1. The van der Waals surface area contributed by atoms with E-state index in [1.54, 1.807) is 6.07 Å². The van der Waals surface area contributed by atoms with Crippen molar-refractivity contribution >= 4 is 0 Å². The van der Waals surface area contributed by atoms with Crippen LogP contribution in [0.4, 0.5) is 17.6 Å². The smallest absolute Gasteiger partial charge is 0.419 e. The van der Waals surface area contributed by atoms with E-state index in [4.69, 9.17) is 4.42 Å². The van der Waals surface area contributed by atoms with Gasteiger partial charge in [-0.1, -0.05) is 13.0 Å². The first-order valence-corrected chi connectivity index (χ1v) is 6.07. The molecule has 0 saturated heterocycles. The molecule has 2 rings (SSSR count). The molecule has 0 aliphatic carbocycles. The Morgan fingerprint density at radius 1 is 1.20 bits per heavy atom. The van der Waals surface area contributed by atoms with Crippen LogP contribution in [0.2, 0.25) is 0 Å². The third-order valence-corrected chi connectivity index (χ3v) is 2.87. The molecule has 0 radical (unpaired) electrons. The third kappa shape index (κ3) is 3.01. The number of furan rings is 1. The van der Waals surface area contributed by atoms with Gasteiger partial charge in [0.25, 0.3) is 0 Å². The van der Waals surface area contributed by atoms with E-state index >= 15 is 0 Å². The van der Waals surface area contributed by atoms with Gasteiger partial charge in [0.15, 0.2) is 0 Å². The van der Waals surface area contributed by atoms with Crippen molar-refractivity contribution in [2.24, 2.45) is 0 Å². The Labute approximate surface area is 113 Å². The molecule has 0 saturated carbocycles. The van der Waals surface area contributed by atoms with Crippen LogP contribution < -0.4 is 5.32 Å². The molecule has 2 nitrogen and oxygen atoms in total. The maximum Gasteiger partial charge on any atom is 0.419 e. The normalized spacial score (nSPS) is 11.8. The number of halogens is 4. The minimum atomic E-state index is -4.69. The molecule has 20 heavy (non-hydrogen) atoms. The van der Waals surface area contributed by atoms with E-state index in [1.165, 1.54) is 12.3 Å². The zero-order valence-corrected chi connectivity index (χ0v) is 10.7. The lowest BCUT2D eigenvalue weighted by Gasteiger charge is -2.09. The standard InChI is InChI=1S/C14H13F4NO/c1-2-19-8-13-10(5-6-20-13)9-3-4-11(12(15)7-9)14(16,17)18/h3-7,19H,2,8H2,1H3. The summed E-state index contributed by atoms with van der Waals surface area (Å²) >= 11 is 0. The summed E-state index contributed by atoms with van der Waals surface area (Å²) in [6.45, 7) is 3.07. The van der Waals surface area contributed by atoms with Gasteiger partial charge in [-0.15, -0.1) is 0 Å². The van der Waals surface area contributed by atoms with Crippen molar-refractivity contribution in [3.63, 3.8) is 0 Å². The Morgan fingerprint density at radius 2 is 1.95 bits per heavy atom. The van der Waals surface area contributed by atoms with Gasteiger partial charge in [-0.2, -0.15) is 13.2 Å². The molecule has 1 N–H and O–H groups in total. The molecule has 0 amide bonds. The van der Waals surface area contributed by atoms with E-state index in [0.717, 1.165) is 18.7 Å². The summed E-state index contributed by atoms with van der Waals surface area (Å²) < 4.78 is 56.3. The average molecular weight is 287 g/mol. The van der Waals surface area contributed by atoms with Crippen LogP contribution in [0.5, 0.6) is 0 Å². The molecule has 6 heteroatoms. The second-order valence-corrected chi connectivity index (χ2v) is 4.23. The number of hydrogen-bond donors (Lipinski definition) is 1. The molecule has 1 aromatic carbocycles. The predicted molar refractivity (Wildman–Crippen MR) is 66.5 cm³/mol. The van der Waals surface area contributed by atoms with Crippen LogP contribution in [0.1, 0.15) is 18.2 Å². The Kier molecular flexibility index (Phi) is 4.13. The fourth-order valence-corrected chi connectivity index (χ4v) is 1.89. The summed E-state index contributed by atoms with van der Waals surface area (Å²) in [4.78, 5) is 0. The summed E-state index contributed by atoms with van der Waals surface area (Å²) in [7, 11) is 0.